The van der Waals surface area contributed by atoms with Gasteiger partial charge in [-0.05, 0) is 51.8 Å². The monoisotopic (exact) mass is 393 g/mol. The van der Waals surface area contributed by atoms with Crippen LogP contribution in [0, 0.1) is 12.7 Å². The molecule has 146 valence electrons. The van der Waals surface area contributed by atoms with E-state index in [1.807, 2.05) is 0 Å². The van der Waals surface area contributed by atoms with Crippen LogP contribution in [0.1, 0.15) is 48.7 Å². The van der Waals surface area contributed by atoms with Crippen molar-refractivity contribution in [2.45, 2.75) is 45.6 Å². The van der Waals surface area contributed by atoms with Crippen LogP contribution in [0.5, 0.6) is 0 Å². The number of hydrogen-bond acceptors (Lipinski definition) is 4. The summed E-state index contributed by atoms with van der Waals surface area (Å²) >= 11 is 6.12. The summed E-state index contributed by atoms with van der Waals surface area (Å²) in [6.07, 6.45) is 4.63. The lowest BCUT2D eigenvalue weighted by atomic mass is 10.0. The lowest BCUT2D eigenvalue weighted by Crippen LogP contribution is -2.39. The topological polar surface area (TPSA) is 58.4 Å². The first-order valence-corrected chi connectivity index (χ1v) is 9.79. The number of carbonyl (C=O) groups excluding carboxylic acids is 1. The van der Waals surface area contributed by atoms with E-state index < -0.39 is 5.82 Å². The molecular weight excluding hydrogens is 369 g/mol. The van der Waals surface area contributed by atoms with Gasteiger partial charge >= 0.3 is 0 Å². The Hall–Kier alpha value is -1.92. The molecule has 1 saturated heterocycles. The van der Waals surface area contributed by atoms with Crippen molar-refractivity contribution in [1.29, 1.82) is 0 Å². The molecule has 1 aliphatic heterocycles. The van der Waals surface area contributed by atoms with Crippen LogP contribution in [0.25, 0.3) is 11.3 Å². The highest BCUT2D eigenvalue weighted by Gasteiger charge is 2.25. The number of benzene rings is 1. The number of piperidine rings is 1. The van der Waals surface area contributed by atoms with E-state index in [4.69, 9.17) is 16.1 Å². The Morgan fingerprint density at radius 1 is 1.44 bits per heavy atom. The molecule has 1 atom stereocenters. The molecule has 1 fully saturated rings. The van der Waals surface area contributed by atoms with E-state index >= 15 is 0 Å². The highest BCUT2D eigenvalue weighted by Crippen LogP contribution is 2.33. The normalized spacial score (nSPS) is 17.9. The van der Waals surface area contributed by atoms with Crippen molar-refractivity contribution in [3.05, 3.63) is 40.4 Å². The van der Waals surface area contributed by atoms with Crippen molar-refractivity contribution in [2.24, 2.45) is 0 Å². The largest absolute Gasteiger partial charge is 0.360 e. The molecule has 0 saturated carbocycles. The molecule has 1 aliphatic rings. The van der Waals surface area contributed by atoms with E-state index in [0.29, 0.717) is 18.3 Å². The molecule has 0 radical (unpaired) electrons. The zero-order valence-electron chi connectivity index (χ0n) is 15.7. The van der Waals surface area contributed by atoms with Crippen LogP contribution in [-0.4, -0.2) is 41.6 Å². The average Bonchev–Trinajstić information content (AvgIpc) is 3.01. The molecule has 3 rings (SSSR count). The molecule has 0 spiro atoms. The number of nitrogens with one attached hydrogen (secondary N) is 1. The maximum atomic E-state index is 14.2. The molecule has 0 bridgehead atoms. The number of amides is 1. The van der Waals surface area contributed by atoms with Crippen LogP contribution in [0.4, 0.5) is 4.39 Å². The smallest absolute Gasteiger partial charge is 0.257 e. The van der Waals surface area contributed by atoms with Crippen molar-refractivity contribution in [1.82, 2.24) is 15.4 Å². The standard InChI is InChI=1S/C20H25ClFN3O2/c1-13-7-3-4-11-25(13)12-6-10-23-20(26)17-14(2)27-24-19(17)18-15(21)8-5-9-16(18)22/h5,8-9,13H,3-4,6-7,10-12H2,1-2H3,(H,23,26)/t13-/m1/s1. The first-order valence-electron chi connectivity index (χ1n) is 9.42. The number of likely N-dealkylation sites (tertiary alicyclic amines) is 1. The van der Waals surface area contributed by atoms with Gasteiger partial charge in [0, 0.05) is 19.1 Å². The van der Waals surface area contributed by atoms with E-state index in [1.165, 1.54) is 31.4 Å². The molecule has 1 aromatic heterocycles. The minimum Gasteiger partial charge on any atom is -0.360 e. The van der Waals surface area contributed by atoms with Crippen LogP contribution in [0.15, 0.2) is 22.7 Å². The lowest BCUT2D eigenvalue weighted by Gasteiger charge is -2.33. The average molecular weight is 394 g/mol. The van der Waals surface area contributed by atoms with Gasteiger partial charge in [-0.1, -0.05) is 29.2 Å². The molecule has 2 heterocycles. The van der Waals surface area contributed by atoms with Crippen LogP contribution >= 0.6 is 11.6 Å². The Morgan fingerprint density at radius 3 is 3.00 bits per heavy atom. The third kappa shape index (κ3) is 4.50. The first kappa shape index (κ1) is 19.8. The maximum Gasteiger partial charge on any atom is 0.257 e. The van der Waals surface area contributed by atoms with Crippen molar-refractivity contribution in [3.63, 3.8) is 0 Å². The summed E-state index contributed by atoms with van der Waals surface area (Å²) in [6, 6.07) is 4.96. The van der Waals surface area contributed by atoms with Crippen LogP contribution in [-0.2, 0) is 0 Å². The number of hydrogen-bond donors (Lipinski definition) is 1. The van der Waals surface area contributed by atoms with Gasteiger partial charge in [0.2, 0.25) is 0 Å². The Bertz CT molecular complexity index is 788. The van der Waals surface area contributed by atoms with E-state index in [9.17, 15) is 9.18 Å². The predicted molar refractivity (Wildman–Crippen MR) is 103 cm³/mol. The Labute approximate surface area is 163 Å². The maximum absolute atomic E-state index is 14.2. The molecule has 2 aromatic rings. The predicted octanol–water partition coefficient (Wildman–Crippen LogP) is 4.44. The molecule has 27 heavy (non-hydrogen) atoms. The Morgan fingerprint density at radius 2 is 2.26 bits per heavy atom. The summed E-state index contributed by atoms with van der Waals surface area (Å²) in [5.74, 6) is -0.523. The van der Waals surface area contributed by atoms with Gasteiger partial charge in [-0.15, -0.1) is 0 Å². The molecule has 7 heteroatoms. The van der Waals surface area contributed by atoms with Gasteiger partial charge < -0.3 is 14.7 Å². The van der Waals surface area contributed by atoms with E-state index in [2.05, 4.69) is 22.3 Å². The van der Waals surface area contributed by atoms with E-state index in [-0.39, 0.29) is 27.8 Å². The zero-order valence-corrected chi connectivity index (χ0v) is 16.5. The van der Waals surface area contributed by atoms with Crippen molar-refractivity contribution >= 4 is 17.5 Å². The Balaban J connectivity index is 1.65. The number of aryl methyl sites for hydroxylation is 1. The molecule has 1 amide bonds. The Kier molecular flexibility index (Phi) is 6.50. The minimum absolute atomic E-state index is 0.0864. The molecule has 1 N–H and O–H groups in total. The van der Waals surface area contributed by atoms with Gasteiger partial charge in [-0.3, -0.25) is 4.79 Å². The van der Waals surface area contributed by atoms with Gasteiger partial charge in [0.1, 0.15) is 22.8 Å². The summed E-state index contributed by atoms with van der Waals surface area (Å²) in [5.41, 5.74) is 0.453. The van der Waals surface area contributed by atoms with Gasteiger partial charge in [0.15, 0.2) is 0 Å². The van der Waals surface area contributed by atoms with Crippen molar-refractivity contribution in [2.75, 3.05) is 19.6 Å². The SMILES string of the molecule is Cc1onc(-c2c(F)cccc2Cl)c1C(=O)NCCCN1CCCC[C@H]1C. The highest BCUT2D eigenvalue weighted by atomic mass is 35.5. The second-order valence-electron chi connectivity index (χ2n) is 7.05. The molecule has 1 aromatic carbocycles. The van der Waals surface area contributed by atoms with Gasteiger partial charge in [-0.25, -0.2) is 4.39 Å². The van der Waals surface area contributed by atoms with Gasteiger partial charge in [0.25, 0.3) is 5.91 Å². The number of aromatic nitrogens is 1. The number of carbonyl (C=O) groups is 1. The summed E-state index contributed by atoms with van der Waals surface area (Å²) in [4.78, 5) is 15.1. The fourth-order valence-corrected chi connectivity index (χ4v) is 3.85. The summed E-state index contributed by atoms with van der Waals surface area (Å²) < 4.78 is 19.4. The second kappa shape index (κ2) is 8.85. The van der Waals surface area contributed by atoms with Crippen molar-refractivity contribution < 1.29 is 13.7 Å². The quantitative estimate of drug-likeness (QED) is 0.737. The second-order valence-corrected chi connectivity index (χ2v) is 7.46. The summed E-state index contributed by atoms with van der Waals surface area (Å²) in [7, 11) is 0. The third-order valence-corrected chi connectivity index (χ3v) is 5.45. The zero-order chi connectivity index (χ0) is 19.4. The summed E-state index contributed by atoms with van der Waals surface area (Å²) in [6.45, 7) is 6.50. The third-order valence-electron chi connectivity index (χ3n) is 5.14. The number of rotatable bonds is 6. The molecule has 5 nitrogen and oxygen atoms in total. The fraction of sp³-hybridized carbons (Fsp3) is 0.500. The minimum atomic E-state index is -0.538. The molecule has 0 aliphatic carbocycles. The molecular formula is C20H25ClFN3O2. The van der Waals surface area contributed by atoms with Crippen LogP contribution in [0.2, 0.25) is 5.02 Å². The van der Waals surface area contributed by atoms with Crippen LogP contribution in [0.3, 0.4) is 0 Å². The number of nitrogens with zero attached hydrogens (tertiary/aromatic N) is 2. The number of halogens is 2. The van der Waals surface area contributed by atoms with Crippen molar-refractivity contribution in [3.8, 4) is 11.3 Å². The van der Waals surface area contributed by atoms with Gasteiger partial charge in [0.05, 0.1) is 10.6 Å². The highest BCUT2D eigenvalue weighted by molar-refractivity contribution is 6.33. The first-order chi connectivity index (χ1) is 13.0. The van der Waals surface area contributed by atoms with Gasteiger partial charge in [-0.2, -0.15) is 0 Å². The van der Waals surface area contributed by atoms with E-state index in [1.54, 1.807) is 13.0 Å². The fourth-order valence-electron chi connectivity index (χ4n) is 3.60. The lowest BCUT2D eigenvalue weighted by molar-refractivity contribution is 0.0948. The summed E-state index contributed by atoms with van der Waals surface area (Å²) in [5, 5.41) is 6.96. The molecule has 0 unspecified atom stereocenters. The van der Waals surface area contributed by atoms with Crippen LogP contribution < -0.4 is 5.32 Å². The van der Waals surface area contributed by atoms with E-state index in [0.717, 1.165) is 19.5 Å².